The molecule has 102 valence electrons. The highest BCUT2D eigenvalue weighted by molar-refractivity contribution is 5.94. The fraction of sp³-hybridized carbons (Fsp3) is 0.235. The Balaban J connectivity index is 1.70. The minimum atomic E-state index is -0.213. The van der Waals surface area contributed by atoms with Crippen molar-refractivity contribution in [3.05, 3.63) is 71.5 Å². The van der Waals surface area contributed by atoms with Crippen LogP contribution in [0.15, 0.2) is 54.6 Å². The molecule has 0 aliphatic heterocycles. The summed E-state index contributed by atoms with van der Waals surface area (Å²) in [6.07, 6.45) is 1.84. The van der Waals surface area contributed by atoms with Crippen molar-refractivity contribution in [3.8, 4) is 0 Å². The molecule has 0 aromatic heterocycles. The standard InChI is InChI=1S/C17H16FNO/c18-15-9-5-4-8-14(15)17(10-11-17)12-19-16(20)13-6-2-1-3-7-13/h1-9H,10-12H2,(H,19,20). The topological polar surface area (TPSA) is 29.1 Å². The van der Waals surface area contributed by atoms with Crippen LogP contribution < -0.4 is 5.32 Å². The van der Waals surface area contributed by atoms with Crippen LogP contribution in [0.3, 0.4) is 0 Å². The van der Waals surface area contributed by atoms with Gasteiger partial charge in [0.15, 0.2) is 0 Å². The van der Waals surface area contributed by atoms with Gasteiger partial charge in [0.2, 0.25) is 0 Å². The fourth-order valence-corrected chi connectivity index (χ4v) is 2.52. The lowest BCUT2D eigenvalue weighted by Crippen LogP contribution is -2.32. The first-order valence-electron chi connectivity index (χ1n) is 6.80. The average Bonchev–Trinajstić information content (AvgIpc) is 3.27. The van der Waals surface area contributed by atoms with Gasteiger partial charge in [-0.15, -0.1) is 0 Å². The Hall–Kier alpha value is -2.16. The minimum Gasteiger partial charge on any atom is -0.351 e. The maximum Gasteiger partial charge on any atom is 0.251 e. The van der Waals surface area contributed by atoms with Crippen molar-refractivity contribution in [2.75, 3.05) is 6.54 Å². The third kappa shape index (κ3) is 2.44. The lowest BCUT2D eigenvalue weighted by atomic mass is 9.95. The number of hydrogen-bond acceptors (Lipinski definition) is 1. The van der Waals surface area contributed by atoms with E-state index in [-0.39, 0.29) is 17.1 Å². The Labute approximate surface area is 117 Å². The van der Waals surface area contributed by atoms with Crippen LogP contribution in [0.4, 0.5) is 4.39 Å². The molecule has 1 N–H and O–H groups in total. The third-order valence-corrected chi connectivity index (χ3v) is 3.92. The Morgan fingerprint density at radius 1 is 1.05 bits per heavy atom. The van der Waals surface area contributed by atoms with Gasteiger partial charge >= 0.3 is 0 Å². The summed E-state index contributed by atoms with van der Waals surface area (Å²) in [6, 6.07) is 15.9. The first-order chi connectivity index (χ1) is 9.71. The van der Waals surface area contributed by atoms with Gasteiger partial charge in [0.25, 0.3) is 5.91 Å². The lowest BCUT2D eigenvalue weighted by molar-refractivity contribution is 0.0949. The van der Waals surface area contributed by atoms with Crippen molar-refractivity contribution in [2.45, 2.75) is 18.3 Å². The second-order valence-electron chi connectivity index (χ2n) is 5.31. The number of benzene rings is 2. The van der Waals surface area contributed by atoms with E-state index in [2.05, 4.69) is 5.32 Å². The zero-order valence-electron chi connectivity index (χ0n) is 11.1. The molecular formula is C17H16FNO. The zero-order chi connectivity index (χ0) is 14.0. The van der Waals surface area contributed by atoms with E-state index in [0.29, 0.717) is 17.7 Å². The second-order valence-corrected chi connectivity index (χ2v) is 5.31. The van der Waals surface area contributed by atoms with Crippen LogP contribution in [-0.4, -0.2) is 12.5 Å². The van der Waals surface area contributed by atoms with Gasteiger partial charge in [0.1, 0.15) is 5.82 Å². The summed E-state index contributed by atoms with van der Waals surface area (Å²) in [4.78, 5) is 12.0. The molecule has 0 radical (unpaired) electrons. The molecule has 2 nitrogen and oxygen atoms in total. The van der Waals surface area contributed by atoms with Gasteiger partial charge in [-0.25, -0.2) is 4.39 Å². The summed E-state index contributed by atoms with van der Waals surface area (Å²) in [7, 11) is 0. The Bertz CT molecular complexity index is 620. The number of carbonyl (C=O) groups excluding carboxylic acids is 1. The molecule has 1 aliphatic rings. The van der Waals surface area contributed by atoms with Gasteiger partial charge in [-0.3, -0.25) is 4.79 Å². The molecule has 20 heavy (non-hydrogen) atoms. The van der Waals surface area contributed by atoms with E-state index in [0.717, 1.165) is 12.8 Å². The van der Waals surface area contributed by atoms with E-state index in [1.54, 1.807) is 18.2 Å². The molecule has 0 spiro atoms. The number of rotatable bonds is 4. The smallest absolute Gasteiger partial charge is 0.251 e. The van der Waals surface area contributed by atoms with Crippen LogP contribution in [-0.2, 0) is 5.41 Å². The summed E-state index contributed by atoms with van der Waals surface area (Å²) >= 11 is 0. The Morgan fingerprint density at radius 2 is 1.70 bits per heavy atom. The molecule has 2 aromatic carbocycles. The van der Waals surface area contributed by atoms with Crippen molar-refractivity contribution in [1.29, 1.82) is 0 Å². The van der Waals surface area contributed by atoms with Crippen molar-refractivity contribution in [1.82, 2.24) is 5.32 Å². The third-order valence-electron chi connectivity index (χ3n) is 3.92. The highest BCUT2D eigenvalue weighted by Crippen LogP contribution is 2.48. The molecular weight excluding hydrogens is 253 g/mol. The monoisotopic (exact) mass is 269 g/mol. The van der Waals surface area contributed by atoms with E-state index >= 15 is 0 Å². The number of nitrogens with one attached hydrogen (secondary N) is 1. The van der Waals surface area contributed by atoms with E-state index in [1.807, 2.05) is 30.3 Å². The maximum atomic E-state index is 13.9. The normalized spacial score (nSPS) is 15.7. The van der Waals surface area contributed by atoms with Crippen LogP contribution in [0, 0.1) is 5.82 Å². The van der Waals surface area contributed by atoms with Gasteiger partial charge in [0, 0.05) is 17.5 Å². The SMILES string of the molecule is O=C(NCC1(c2ccccc2F)CC1)c1ccccc1. The molecule has 0 heterocycles. The molecule has 1 fully saturated rings. The van der Waals surface area contributed by atoms with Gasteiger partial charge in [-0.05, 0) is 36.6 Å². The average molecular weight is 269 g/mol. The highest BCUT2D eigenvalue weighted by atomic mass is 19.1. The number of halogens is 1. The Morgan fingerprint density at radius 3 is 2.35 bits per heavy atom. The molecule has 0 bridgehead atoms. The summed E-state index contributed by atoms with van der Waals surface area (Å²) in [5, 5.41) is 2.92. The molecule has 0 unspecified atom stereocenters. The van der Waals surface area contributed by atoms with Gasteiger partial charge in [-0.2, -0.15) is 0 Å². The first-order valence-corrected chi connectivity index (χ1v) is 6.80. The number of amides is 1. The van der Waals surface area contributed by atoms with Crippen molar-refractivity contribution in [2.24, 2.45) is 0 Å². The Kier molecular flexibility index (Phi) is 3.26. The van der Waals surface area contributed by atoms with Crippen LogP contribution in [0.5, 0.6) is 0 Å². The summed E-state index contributed by atoms with van der Waals surface area (Å²) in [6.45, 7) is 0.488. The molecule has 0 atom stereocenters. The van der Waals surface area contributed by atoms with Gasteiger partial charge in [-0.1, -0.05) is 36.4 Å². The van der Waals surface area contributed by atoms with Crippen LogP contribution in [0.1, 0.15) is 28.8 Å². The van der Waals surface area contributed by atoms with Crippen LogP contribution in [0.2, 0.25) is 0 Å². The molecule has 3 heteroatoms. The molecule has 1 aliphatic carbocycles. The second kappa shape index (κ2) is 5.08. The summed E-state index contributed by atoms with van der Waals surface area (Å²) in [5.74, 6) is -0.285. The van der Waals surface area contributed by atoms with E-state index < -0.39 is 0 Å². The first kappa shape index (κ1) is 12.9. The van der Waals surface area contributed by atoms with E-state index in [1.165, 1.54) is 6.07 Å². The molecule has 3 rings (SSSR count). The van der Waals surface area contributed by atoms with Crippen molar-refractivity contribution in [3.63, 3.8) is 0 Å². The van der Waals surface area contributed by atoms with Crippen molar-refractivity contribution < 1.29 is 9.18 Å². The molecule has 0 saturated heterocycles. The largest absolute Gasteiger partial charge is 0.351 e. The zero-order valence-corrected chi connectivity index (χ0v) is 11.1. The van der Waals surface area contributed by atoms with Gasteiger partial charge in [0.05, 0.1) is 0 Å². The molecule has 1 saturated carbocycles. The van der Waals surface area contributed by atoms with Crippen LogP contribution in [0.25, 0.3) is 0 Å². The molecule has 1 amide bonds. The summed E-state index contributed by atoms with van der Waals surface area (Å²) in [5.41, 5.74) is 1.14. The number of carbonyl (C=O) groups is 1. The van der Waals surface area contributed by atoms with Crippen molar-refractivity contribution >= 4 is 5.91 Å². The quantitative estimate of drug-likeness (QED) is 0.906. The molecule has 2 aromatic rings. The lowest BCUT2D eigenvalue weighted by Gasteiger charge is -2.17. The van der Waals surface area contributed by atoms with E-state index in [9.17, 15) is 9.18 Å². The van der Waals surface area contributed by atoms with Crippen LogP contribution >= 0.6 is 0 Å². The predicted molar refractivity (Wildman–Crippen MR) is 76.1 cm³/mol. The number of hydrogen-bond donors (Lipinski definition) is 1. The fourth-order valence-electron chi connectivity index (χ4n) is 2.52. The van der Waals surface area contributed by atoms with E-state index in [4.69, 9.17) is 0 Å². The highest BCUT2D eigenvalue weighted by Gasteiger charge is 2.45. The summed E-state index contributed by atoms with van der Waals surface area (Å²) < 4.78 is 13.9. The predicted octanol–water partition coefficient (Wildman–Crippen LogP) is 3.29. The van der Waals surface area contributed by atoms with Gasteiger partial charge < -0.3 is 5.32 Å². The maximum absolute atomic E-state index is 13.9. The minimum absolute atomic E-state index is 0.104.